The van der Waals surface area contributed by atoms with Crippen LogP contribution in [0.4, 0.5) is 13.8 Å². The van der Waals surface area contributed by atoms with Crippen LogP contribution in [-0.4, -0.2) is 29.6 Å². The van der Waals surface area contributed by atoms with E-state index in [0.29, 0.717) is 16.7 Å². The smallest absolute Gasteiger partial charge is 0.338 e. The lowest BCUT2D eigenvalue weighted by Gasteiger charge is -2.13. The van der Waals surface area contributed by atoms with Crippen molar-refractivity contribution >= 4 is 45.9 Å². The number of rotatable bonds is 7. The second-order valence-electron chi connectivity index (χ2n) is 4.97. The lowest BCUT2D eigenvalue weighted by Crippen LogP contribution is -2.30. The molecule has 10 heteroatoms. The molecule has 0 bridgehead atoms. The van der Waals surface area contributed by atoms with Gasteiger partial charge in [-0.05, 0) is 42.6 Å². The standard InChI is InChI=1S/C16H14F2N2O4S2/c1-8(13(22)20-14-11(12(19)21)6-7-25-14)24-15(23)9-2-4-10(5-3-9)26-16(17)18/h2-8,16H,1H3,(H2,19,21)(H,20,22). The number of nitrogens with one attached hydrogen (secondary N) is 1. The van der Waals surface area contributed by atoms with E-state index in [0.717, 1.165) is 11.3 Å². The van der Waals surface area contributed by atoms with Gasteiger partial charge in [0.2, 0.25) is 0 Å². The van der Waals surface area contributed by atoms with Gasteiger partial charge in [-0.25, -0.2) is 4.79 Å². The molecule has 2 amide bonds. The van der Waals surface area contributed by atoms with Gasteiger partial charge in [0.05, 0.1) is 11.1 Å². The molecule has 0 aliphatic carbocycles. The van der Waals surface area contributed by atoms with E-state index in [2.05, 4.69) is 5.32 Å². The number of nitrogens with two attached hydrogens (primary N) is 1. The Morgan fingerprint density at radius 1 is 1.19 bits per heavy atom. The number of primary amides is 1. The van der Waals surface area contributed by atoms with Gasteiger partial charge in [0.1, 0.15) is 5.00 Å². The van der Waals surface area contributed by atoms with Crippen LogP contribution in [0.1, 0.15) is 27.6 Å². The fourth-order valence-electron chi connectivity index (χ4n) is 1.87. The predicted octanol–water partition coefficient (Wildman–Crippen LogP) is 3.35. The van der Waals surface area contributed by atoms with Crippen molar-refractivity contribution in [1.29, 1.82) is 0 Å². The summed E-state index contributed by atoms with van der Waals surface area (Å²) < 4.78 is 29.6. The second-order valence-corrected chi connectivity index (χ2v) is 6.95. The molecule has 1 heterocycles. The molecule has 0 fully saturated rings. The molecule has 2 aromatic rings. The molecule has 1 atom stereocenters. The van der Waals surface area contributed by atoms with E-state index < -0.39 is 29.6 Å². The normalized spacial score (nSPS) is 11.8. The maximum Gasteiger partial charge on any atom is 0.338 e. The molecule has 6 nitrogen and oxygen atoms in total. The third-order valence-electron chi connectivity index (χ3n) is 3.14. The summed E-state index contributed by atoms with van der Waals surface area (Å²) in [5.74, 6) is -4.65. The third kappa shape index (κ3) is 5.27. The molecule has 0 aliphatic heterocycles. The number of carbonyl (C=O) groups is 3. The number of alkyl halides is 2. The van der Waals surface area contributed by atoms with Crippen molar-refractivity contribution in [3.63, 3.8) is 0 Å². The molecule has 0 aliphatic rings. The first kappa shape index (κ1) is 19.9. The van der Waals surface area contributed by atoms with Crippen LogP contribution < -0.4 is 11.1 Å². The van der Waals surface area contributed by atoms with Crippen molar-refractivity contribution in [2.45, 2.75) is 23.7 Å². The van der Waals surface area contributed by atoms with E-state index >= 15 is 0 Å². The van der Waals surface area contributed by atoms with E-state index in [-0.39, 0.29) is 16.1 Å². The number of hydrogen-bond acceptors (Lipinski definition) is 6. The lowest BCUT2D eigenvalue weighted by atomic mass is 10.2. The van der Waals surface area contributed by atoms with Crippen LogP contribution in [0.15, 0.2) is 40.6 Å². The van der Waals surface area contributed by atoms with Crippen molar-refractivity contribution in [2.75, 3.05) is 5.32 Å². The van der Waals surface area contributed by atoms with E-state index in [4.69, 9.17) is 10.5 Å². The van der Waals surface area contributed by atoms with Crippen LogP contribution in [0.3, 0.4) is 0 Å². The summed E-state index contributed by atoms with van der Waals surface area (Å²) in [6, 6.07) is 6.87. The van der Waals surface area contributed by atoms with Crippen LogP contribution in [0.2, 0.25) is 0 Å². The zero-order valence-electron chi connectivity index (χ0n) is 13.4. The molecular formula is C16H14F2N2O4S2. The first-order valence-corrected chi connectivity index (χ1v) is 8.98. The van der Waals surface area contributed by atoms with Crippen molar-refractivity contribution in [2.24, 2.45) is 5.73 Å². The molecule has 26 heavy (non-hydrogen) atoms. The van der Waals surface area contributed by atoms with E-state index in [1.165, 1.54) is 37.3 Å². The largest absolute Gasteiger partial charge is 0.449 e. The van der Waals surface area contributed by atoms with Crippen LogP contribution in [0.5, 0.6) is 0 Å². The van der Waals surface area contributed by atoms with Gasteiger partial charge in [-0.15, -0.1) is 11.3 Å². The van der Waals surface area contributed by atoms with Gasteiger partial charge in [-0.2, -0.15) is 8.78 Å². The minimum Gasteiger partial charge on any atom is -0.449 e. The number of halogens is 2. The Hall–Kier alpha value is -2.46. The maximum atomic E-state index is 12.3. The SMILES string of the molecule is CC(OC(=O)c1ccc(SC(F)F)cc1)C(=O)Nc1sccc1C(N)=O. The molecule has 0 radical (unpaired) electrons. The molecule has 0 saturated carbocycles. The first-order valence-electron chi connectivity index (χ1n) is 7.22. The number of carbonyl (C=O) groups excluding carboxylic acids is 3. The van der Waals surface area contributed by atoms with Gasteiger partial charge in [0, 0.05) is 4.90 Å². The zero-order valence-corrected chi connectivity index (χ0v) is 15.0. The summed E-state index contributed by atoms with van der Waals surface area (Å²) in [4.78, 5) is 35.7. The van der Waals surface area contributed by atoms with Gasteiger partial charge in [0.15, 0.2) is 6.10 Å². The summed E-state index contributed by atoms with van der Waals surface area (Å²) in [5.41, 5.74) is 5.48. The van der Waals surface area contributed by atoms with Gasteiger partial charge in [-0.1, -0.05) is 11.8 Å². The highest BCUT2D eigenvalue weighted by Gasteiger charge is 2.21. The Morgan fingerprint density at radius 3 is 2.42 bits per heavy atom. The number of anilines is 1. The number of thioether (sulfide) groups is 1. The Kier molecular flexibility index (Phi) is 6.70. The number of thiophene rings is 1. The van der Waals surface area contributed by atoms with Crippen LogP contribution in [-0.2, 0) is 9.53 Å². The number of hydrogen-bond donors (Lipinski definition) is 2. The summed E-state index contributed by atoms with van der Waals surface area (Å²) in [6.45, 7) is 1.37. The summed E-state index contributed by atoms with van der Waals surface area (Å²) in [5, 5.41) is 4.33. The average Bonchev–Trinajstić information content (AvgIpc) is 3.03. The highest BCUT2D eigenvalue weighted by Crippen LogP contribution is 2.25. The molecule has 0 saturated heterocycles. The minimum atomic E-state index is -2.56. The van der Waals surface area contributed by atoms with Crippen LogP contribution in [0.25, 0.3) is 0 Å². The fraction of sp³-hybridized carbons (Fsp3) is 0.188. The highest BCUT2D eigenvalue weighted by atomic mass is 32.2. The Bertz CT molecular complexity index is 809. The van der Waals surface area contributed by atoms with Gasteiger partial charge < -0.3 is 15.8 Å². The molecular weight excluding hydrogens is 386 g/mol. The quantitative estimate of drug-likeness (QED) is 0.549. The summed E-state index contributed by atoms with van der Waals surface area (Å²) >= 11 is 1.47. The van der Waals surface area contributed by atoms with Gasteiger partial charge in [0.25, 0.3) is 17.6 Å². The predicted molar refractivity (Wildman–Crippen MR) is 94.6 cm³/mol. The van der Waals surface area contributed by atoms with Gasteiger partial charge >= 0.3 is 5.97 Å². The molecule has 2 rings (SSSR count). The number of amides is 2. The number of esters is 1. The first-order chi connectivity index (χ1) is 12.3. The van der Waals surface area contributed by atoms with Crippen molar-refractivity contribution < 1.29 is 27.9 Å². The molecule has 138 valence electrons. The molecule has 0 spiro atoms. The zero-order chi connectivity index (χ0) is 19.3. The second kappa shape index (κ2) is 8.77. The maximum absolute atomic E-state index is 12.3. The third-order valence-corrected chi connectivity index (χ3v) is 4.69. The number of ether oxygens (including phenoxy) is 1. The highest BCUT2D eigenvalue weighted by molar-refractivity contribution is 7.99. The Morgan fingerprint density at radius 2 is 1.85 bits per heavy atom. The minimum absolute atomic E-state index is 0.122. The van der Waals surface area contributed by atoms with Gasteiger partial charge in [-0.3, -0.25) is 9.59 Å². The fourth-order valence-corrected chi connectivity index (χ4v) is 3.16. The van der Waals surface area contributed by atoms with Crippen LogP contribution >= 0.6 is 23.1 Å². The average molecular weight is 400 g/mol. The lowest BCUT2D eigenvalue weighted by molar-refractivity contribution is -0.123. The van der Waals surface area contributed by atoms with E-state index in [1.807, 2.05) is 0 Å². The van der Waals surface area contributed by atoms with E-state index in [1.54, 1.807) is 5.38 Å². The molecule has 1 aromatic carbocycles. The molecule has 1 unspecified atom stereocenters. The van der Waals surface area contributed by atoms with Crippen molar-refractivity contribution in [1.82, 2.24) is 0 Å². The molecule has 1 aromatic heterocycles. The Labute approximate surface area is 155 Å². The van der Waals surface area contributed by atoms with Crippen molar-refractivity contribution in [3.05, 3.63) is 46.8 Å². The number of benzene rings is 1. The van der Waals surface area contributed by atoms with Crippen molar-refractivity contribution in [3.8, 4) is 0 Å². The van der Waals surface area contributed by atoms with Crippen LogP contribution in [0, 0.1) is 0 Å². The Balaban J connectivity index is 1.96. The topological polar surface area (TPSA) is 98.5 Å². The monoisotopic (exact) mass is 400 g/mol. The summed E-state index contributed by atoms with van der Waals surface area (Å²) in [6.07, 6.45) is -1.14. The van der Waals surface area contributed by atoms with E-state index in [9.17, 15) is 23.2 Å². The summed E-state index contributed by atoms with van der Waals surface area (Å²) in [7, 11) is 0. The molecule has 3 N–H and O–H groups in total.